The van der Waals surface area contributed by atoms with Gasteiger partial charge in [0.1, 0.15) is 0 Å². The first kappa shape index (κ1) is 29.9. The molecular weight excluding hydrogens is 496 g/mol. The quantitative estimate of drug-likeness (QED) is 0.285. The van der Waals surface area contributed by atoms with Crippen LogP contribution in [-0.2, 0) is 23.2 Å². The summed E-state index contributed by atoms with van der Waals surface area (Å²) in [5.74, 6) is 0.686. The van der Waals surface area contributed by atoms with Crippen LogP contribution in [0.25, 0.3) is 0 Å². The van der Waals surface area contributed by atoms with Gasteiger partial charge in [0.15, 0.2) is 0 Å². The number of anilines is 1. The lowest BCUT2D eigenvalue weighted by molar-refractivity contribution is 0.00678. The molecule has 0 saturated heterocycles. The van der Waals surface area contributed by atoms with Crippen LogP contribution < -0.4 is 10.2 Å². The molecule has 0 atom stereocenters. The van der Waals surface area contributed by atoms with Crippen LogP contribution in [-0.4, -0.2) is 37.1 Å². The van der Waals surface area contributed by atoms with Gasteiger partial charge in [-0.3, -0.25) is 4.79 Å². The smallest absolute Gasteiger partial charge is 0.258 e. The van der Waals surface area contributed by atoms with E-state index in [4.69, 9.17) is 15.6 Å². The predicted molar refractivity (Wildman–Crippen MR) is 167 cm³/mol. The first-order chi connectivity index (χ1) is 19.4. The third kappa shape index (κ3) is 5.44. The molecule has 0 spiro atoms. The molecule has 40 heavy (non-hydrogen) atoms. The third-order valence-electron chi connectivity index (χ3n) is 9.25. The Morgan fingerprint density at radius 3 is 2.48 bits per heavy atom. The number of allylic oxidation sites excluding steroid dienone is 1. The van der Waals surface area contributed by atoms with Crippen LogP contribution in [0.2, 0.25) is 0 Å². The number of amides is 1. The standard InChI is InChI=1S/C31H37N3O2.C2H6.CH3N.H2/c1-4-28(32)31(16-24(17-31)36-3)22-7-5-8-23(15-22)34-19-27-25(21-9-10-21)13-20(14-26(27)29(34)35)18-33-30(2)11-6-12-30;2*1-2;/h4-5,7-8,13-15,21,24,32-33H,1,6,9-12,16-19H2,2-3H3;1-2H3;2H,1H2;1H. The molecule has 3 saturated carbocycles. The Kier molecular flexibility index (Phi) is 9.11. The Balaban J connectivity index is 0.000000887. The van der Waals surface area contributed by atoms with Crippen molar-refractivity contribution in [1.29, 1.82) is 10.8 Å². The molecule has 2 aromatic rings. The van der Waals surface area contributed by atoms with Gasteiger partial charge in [-0.1, -0.05) is 38.6 Å². The van der Waals surface area contributed by atoms with Crippen molar-refractivity contribution in [1.82, 2.24) is 5.32 Å². The van der Waals surface area contributed by atoms with Crippen LogP contribution in [0.1, 0.15) is 106 Å². The van der Waals surface area contributed by atoms with Gasteiger partial charge in [0.2, 0.25) is 0 Å². The summed E-state index contributed by atoms with van der Waals surface area (Å²) in [5, 5.41) is 17.9. The number of nitrogens with zero attached hydrogens (tertiary/aromatic N) is 1. The SMILES string of the molecule is C=CC(=N)C1(c2cccc(N3Cc4c(cc(CNC5(C)CCC5)cc4C4CC4)C3=O)c2)CC(OC)C1.C=N.CC.[HH]. The Hall–Kier alpha value is -3.09. The Morgan fingerprint density at radius 1 is 1.20 bits per heavy atom. The van der Waals surface area contributed by atoms with E-state index < -0.39 is 0 Å². The van der Waals surface area contributed by atoms with Crippen LogP contribution in [0, 0.1) is 10.8 Å². The van der Waals surface area contributed by atoms with Gasteiger partial charge in [0.25, 0.3) is 5.91 Å². The number of carbonyl (C=O) groups is 1. The van der Waals surface area contributed by atoms with Crippen LogP contribution in [0.4, 0.5) is 5.69 Å². The number of hydrogen-bond donors (Lipinski definition) is 3. The minimum atomic E-state index is -0.385. The summed E-state index contributed by atoms with van der Waals surface area (Å²) in [7, 11) is 1.73. The van der Waals surface area contributed by atoms with Gasteiger partial charge in [0, 0.05) is 43.0 Å². The first-order valence-corrected chi connectivity index (χ1v) is 14.8. The molecule has 1 aliphatic heterocycles. The summed E-state index contributed by atoms with van der Waals surface area (Å²) in [5.41, 5.74) is 7.06. The van der Waals surface area contributed by atoms with Crippen LogP contribution in [0.15, 0.2) is 49.1 Å². The summed E-state index contributed by atoms with van der Waals surface area (Å²) in [6.07, 6.45) is 9.54. The number of ether oxygens (including phenoxy) is 1. The fourth-order valence-corrected chi connectivity index (χ4v) is 6.43. The van der Waals surface area contributed by atoms with Crippen molar-refractivity contribution >= 4 is 24.0 Å². The molecule has 3 fully saturated rings. The molecule has 0 radical (unpaired) electrons. The number of benzene rings is 2. The summed E-state index contributed by atoms with van der Waals surface area (Å²) in [4.78, 5) is 15.7. The average molecular weight is 545 g/mol. The Bertz CT molecular complexity index is 1260. The number of carbonyl (C=O) groups excluding carboxylic acids is 1. The zero-order chi connectivity index (χ0) is 29.1. The molecule has 1 heterocycles. The third-order valence-corrected chi connectivity index (χ3v) is 9.25. The highest BCUT2D eigenvalue weighted by Crippen LogP contribution is 2.48. The highest BCUT2D eigenvalue weighted by atomic mass is 16.5. The van der Waals surface area contributed by atoms with Gasteiger partial charge < -0.3 is 25.8 Å². The largest absolute Gasteiger partial charge is 0.381 e. The van der Waals surface area contributed by atoms with E-state index in [1.54, 1.807) is 13.2 Å². The molecule has 0 bridgehead atoms. The van der Waals surface area contributed by atoms with Gasteiger partial charge >= 0.3 is 0 Å². The number of methoxy groups -OCH3 is 1. The van der Waals surface area contributed by atoms with E-state index in [0.717, 1.165) is 36.2 Å². The summed E-state index contributed by atoms with van der Waals surface area (Å²) in [6.45, 7) is 14.1. The maximum atomic E-state index is 13.8. The molecule has 6 rings (SSSR count). The fourth-order valence-electron chi connectivity index (χ4n) is 6.43. The normalized spacial score (nSPS) is 23.9. The van der Waals surface area contributed by atoms with Gasteiger partial charge in [0.05, 0.1) is 12.6 Å². The fraction of sp³-hybridized carbons (Fsp3) is 0.500. The molecule has 6 heteroatoms. The van der Waals surface area contributed by atoms with E-state index in [1.165, 1.54) is 48.8 Å². The maximum Gasteiger partial charge on any atom is 0.258 e. The van der Waals surface area contributed by atoms with E-state index in [0.29, 0.717) is 18.2 Å². The van der Waals surface area contributed by atoms with Gasteiger partial charge in [-0.05, 0) is 111 Å². The number of rotatable bonds is 9. The van der Waals surface area contributed by atoms with Crippen molar-refractivity contribution in [3.05, 3.63) is 76.9 Å². The lowest BCUT2D eigenvalue weighted by Crippen LogP contribution is -2.50. The Morgan fingerprint density at radius 2 is 1.90 bits per heavy atom. The first-order valence-electron chi connectivity index (χ1n) is 14.8. The second-order valence-corrected chi connectivity index (χ2v) is 11.7. The van der Waals surface area contributed by atoms with Crippen molar-refractivity contribution in [2.45, 2.75) is 102 Å². The van der Waals surface area contributed by atoms with Gasteiger partial charge in [-0.2, -0.15) is 0 Å². The highest BCUT2D eigenvalue weighted by Gasteiger charge is 2.48. The number of nitrogens with one attached hydrogen (secondary N) is 3. The highest BCUT2D eigenvalue weighted by molar-refractivity contribution is 6.10. The minimum absolute atomic E-state index is 0. The monoisotopic (exact) mass is 544 g/mol. The zero-order valence-corrected chi connectivity index (χ0v) is 24.7. The maximum absolute atomic E-state index is 13.8. The van der Waals surface area contributed by atoms with Crippen LogP contribution in [0.3, 0.4) is 0 Å². The number of fused-ring (bicyclic) bond motifs is 1. The molecule has 1 amide bonds. The number of hydrogen-bond acceptors (Lipinski definition) is 5. The molecule has 0 aromatic heterocycles. The van der Waals surface area contributed by atoms with Crippen molar-refractivity contribution in [3.8, 4) is 0 Å². The van der Waals surface area contributed by atoms with Crippen LogP contribution >= 0.6 is 0 Å². The molecule has 3 aliphatic carbocycles. The topological polar surface area (TPSA) is 89.3 Å². The second-order valence-electron chi connectivity index (χ2n) is 11.7. The molecule has 6 nitrogen and oxygen atoms in total. The van der Waals surface area contributed by atoms with Crippen molar-refractivity contribution in [2.75, 3.05) is 12.0 Å². The van der Waals surface area contributed by atoms with Crippen molar-refractivity contribution < 1.29 is 11.0 Å². The van der Waals surface area contributed by atoms with Crippen LogP contribution in [0.5, 0.6) is 0 Å². The zero-order valence-electron chi connectivity index (χ0n) is 24.7. The van der Waals surface area contributed by atoms with E-state index in [9.17, 15) is 4.79 Å². The summed E-state index contributed by atoms with van der Waals surface area (Å²) < 4.78 is 5.55. The summed E-state index contributed by atoms with van der Waals surface area (Å²) >= 11 is 0. The van der Waals surface area contributed by atoms with Gasteiger partial charge in [-0.25, -0.2) is 0 Å². The molecule has 216 valence electrons. The minimum Gasteiger partial charge on any atom is -0.381 e. The van der Waals surface area contributed by atoms with Crippen molar-refractivity contribution in [2.24, 2.45) is 0 Å². The van der Waals surface area contributed by atoms with E-state index in [-0.39, 0.29) is 24.4 Å². The lowest BCUT2D eigenvalue weighted by atomic mass is 9.60. The van der Waals surface area contributed by atoms with E-state index in [2.05, 4.69) is 49.8 Å². The molecular formula is C34H48N4O2. The van der Waals surface area contributed by atoms with E-state index in [1.807, 2.05) is 30.9 Å². The Labute approximate surface area is 241 Å². The van der Waals surface area contributed by atoms with E-state index >= 15 is 0 Å². The molecule has 2 aromatic carbocycles. The lowest BCUT2D eigenvalue weighted by Gasteiger charge is -2.47. The predicted octanol–water partition coefficient (Wildman–Crippen LogP) is 7.55. The molecule has 3 N–H and O–H groups in total. The van der Waals surface area contributed by atoms with Crippen molar-refractivity contribution in [3.63, 3.8) is 0 Å². The second kappa shape index (κ2) is 12.2. The van der Waals surface area contributed by atoms with Gasteiger partial charge in [-0.15, -0.1) is 0 Å². The summed E-state index contributed by atoms with van der Waals surface area (Å²) in [6, 6.07) is 12.7. The average Bonchev–Trinajstić information content (AvgIpc) is 3.75. The molecule has 0 unspecified atom stereocenters. The molecule has 4 aliphatic rings.